The Labute approximate surface area is 139 Å². The van der Waals surface area contributed by atoms with E-state index in [2.05, 4.69) is 21.4 Å². The van der Waals surface area contributed by atoms with Gasteiger partial charge in [0.05, 0.1) is 5.25 Å². The van der Waals surface area contributed by atoms with Crippen molar-refractivity contribution < 1.29 is 8.42 Å². The minimum absolute atomic E-state index is 0.0930. The molecule has 0 aromatic heterocycles. The van der Waals surface area contributed by atoms with Crippen molar-refractivity contribution in [2.75, 3.05) is 6.26 Å². The highest BCUT2D eigenvalue weighted by molar-refractivity contribution is 9.10. The fraction of sp³-hybridized carbons (Fsp3) is 0.571. The second-order valence-corrected chi connectivity index (χ2v) is 9.40. The lowest BCUT2D eigenvalue weighted by Crippen LogP contribution is -2.38. The Morgan fingerprint density at radius 2 is 2.10 bits per heavy atom. The van der Waals surface area contributed by atoms with Crippen LogP contribution in [-0.4, -0.2) is 19.9 Å². The molecular formula is C14H20BrClN2O2S. The zero-order chi connectivity index (χ0) is 15.6. The molecular weight excluding hydrogens is 376 g/mol. The van der Waals surface area contributed by atoms with Crippen molar-refractivity contribution in [3.05, 3.63) is 33.3 Å². The lowest BCUT2D eigenvalue weighted by molar-refractivity contribution is 0.274. The molecule has 0 saturated heterocycles. The summed E-state index contributed by atoms with van der Waals surface area (Å²) in [4.78, 5) is 0. The summed E-state index contributed by atoms with van der Waals surface area (Å²) >= 11 is 9.53. The van der Waals surface area contributed by atoms with Crippen LogP contribution < -0.4 is 11.3 Å². The molecule has 0 spiro atoms. The van der Waals surface area contributed by atoms with E-state index in [0.717, 1.165) is 29.3 Å². The van der Waals surface area contributed by atoms with Crippen molar-refractivity contribution >= 4 is 37.4 Å². The summed E-state index contributed by atoms with van der Waals surface area (Å²) in [5, 5.41) is 0.366. The number of hydrogen-bond acceptors (Lipinski definition) is 4. The molecule has 0 heterocycles. The summed E-state index contributed by atoms with van der Waals surface area (Å²) in [7, 11) is -3.00. The molecule has 0 bridgehead atoms. The highest BCUT2D eigenvalue weighted by atomic mass is 79.9. The molecule has 1 saturated carbocycles. The number of hydrazine groups is 1. The van der Waals surface area contributed by atoms with Crippen molar-refractivity contribution in [3.63, 3.8) is 0 Å². The Kier molecular flexibility index (Phi) is 5.71. The van der Waals surface area contributed by atoms with Gasteiger partial charge in [-0.3, -0.25) is 11.3 Å². The molecule has 1 aromatic rings. The van der Waals surface area contributed by atoms with Gasteiger partial charge in [0.1, 0.15) is 9.84 Å². The number of halogens is 2. The summed E-state index contributed by atoms with van der Waals surface area (Å²) < 4.78 is 24.5. The highest BCUT2D eigenvalue weighted by Gasteiger charge is 2.33. The van der Waals surface area contributed by atoms with Crippen LogP contribution in [0.4, 0.5) is 0 Å². The van der Waals surface area contributed by atoms with Crippen molar-refractivity contribution in [2.45, 2.75) is 37.0 Å². The average Bonchev–Trinajstić information content (AvgIpc) is 2.38. The second kappa shape index (κ2) is 6.96. The quantitative estimate of drug-likeness (QED) is 0.606. The Morgan fingerprint density at radius 1 is 1.38 bits per heavy atom. The molecule has 0 aliphatic heterocycles. The minimum atomic E-state index is -3.00. The maximum atomic E-state index is 11.8. The fourth-order valence-corrected chi connectivity index (χ4v) is 5.21. The van der Waals surface area contributed by atoms with Crippen LogP contribution in [0.1, 0.15) is 37.3 Å². The van der Waals surface area contributed by atoms with Gasteiger partial charge in [-0.15, -0.1) is 0 Å². The van der Waals surface area contributed by atoms with E-state index in [4.69, 9.17) is 17.4 Å². The molecule has 1 aliphatic carbocycles. The van der Waals surface area contributed by atoms with Crippen molar-refractivity contribution in [3.8, 4) is 0 Å². The van der Waals surface area contributed by atoms with Crippen LogP contribution in [0.15, 0.2) is 22.7 Å². The van der Waals surface area contributed by atoms with E-state index in [1.165, 1.54) is 6.26 Å². The number of nitrogens with two attached hydrogens (primary N) is 1. The first-order valence-corrected chi connectivity index (χ1v) is 10.0. The smallest absolute Gasteiger partial charge is 0.150 e. The Balaban J connectivity index is 2.24. The van der Waals surface area contributed by atoms with Gasteiger partial charge in [-0.2, -0.15) is 0 Å². The van der Waals surface area contributed by atoms with E-state index in [9.17, 15) is 8.42 Å². The molecule has 21 heavy (non-hydrogen) atoms. The van der Waals surface area contributed by atoms with Crippen molar-refractivity contribution in [2.24, 2.45) is 11.8 Å². The minimum Gasteiger partial charge on any atom is -0.271 e. The van der Waals surface area contributed by atoms with Crippen LogP contribution in [0.5, 0.6) is 0 Å². The van der Waals surface area contributed by atoms with Crippen LogP contribution in [-0.2, 0) is 9.84 Å². The highest BCUT2D eigenvalue weighted by Crippen LogP contribution is 2.37. The number of rotatable bonds is 4. The van der Waals surface area contributed by atoms with E-state index in [-0.39, 0.29) is 17.2 Å². The molecule has 3 unspecified atom stereocenters. The maximum absolute atomic E-state index is 11.8. The lowest BCUT2D eigenvalue weighted by atomic mass is 9.81. The maximum Gasteiger partial charge on any atom is 0.150 e. The number of hydrogen-bond donors (Lipinski definition) is 2. The Bertz CT molecular complexity index is 589. The van der Waals surface area contributed by atoms with Crippen molar-refractivity contribution in [1.82, 2.24) is 5.43 Å². The monoisotopic (exact) mass is 394 g/mol. The molecule has 0 amide bonds. The Morgan fingerprint density at radius 3 is 2.67 bits per heavy atom. The van der Waals surface area contributed by atoms with Gasteiger partial charge >= 0.3 is 0 Å². The molecule has 1 aromatic carbocycles. The molecule has 4 nitrogen and oxygen atoms in total. The zero-order valence-corrected chi connectivity index (χ0v) is 15.0. The molecule has 3 atom stereocenters. The van der Waals surface area contributed by atoms with E-state index >= 15 is 0 Å². The molecule has 1 fully saturated rings. The van der Waals surface area contributed by atoms with E-state index < -0.39 is 9.84 Å². The summed E-state index contributed by atoms with van der Waals surface area (Å²) in [5.41, 5.74) is 3.82. The van der Waals surface area contributed by atoms with E-state index in [1.807, 2.05) is 18.2 Å². The third-order valence-corrected chi connectivity index (χ3v) is 6.48. The zero-order valence-electron chi connectivity index (χ0n) is 11.9. The fourth-order valence-electron chi connectivity index (χ4n) is 3.13. The molecule has 7 heteroatoms. The van der Waals surface area contributed by atoms with Gasteiger partial charge < -0.3 is 0 Å². The van der Waals surface area contributed by atoms with Crippen LogP contribution >= 0.6 is 27.5 Å². The average molecular weight is 396 g/mol. The normalized spacial score (nSPS) is 24.8. The van der Waals surface area contributed by atoms with Crippen LogP contribution in [0.3, 0.4) is 0 Å². The van der Waals surface area contributed by atoms with Gasteiger partial charge in [0.15, 0.2) is 0 Å². The molecule has 0 radical (unpaired) electrons. The van der Waals surface area contributed by atoms with E-state index in [1.54, 1.807) is 0 Å². The summed E-state index contributed by atoms with van der Waals surface area (Å²) in [6, 6.07) is 5.57. The van der Waals surface area contributed by atoms with Gasteiger partial charge in [-0.05, 0) is 48.9 Å². The first-order chi connectivity index (χ1) is 9.81. The largest absolute Gasteiger partial charge is 0.271 e. The van der Waals surface area contributed by atoms with Gasteiger partial charge in [0.2, 0.25) is 0 Å². The number of sulfone groups is 1. The first-order valence-electron chi connectivity index (χ1n) is 6.92. The van der Waals surface area contributed by atoms with Gasteiger partial charge in [0.25, 0.3) is 0 Å². The topological polar surface area (TPSA) is 72.2 Å². The van der Waals surface area contributed by atoms with Crippen LogP contribution in [0.25, 0.3) is 0 Å². The predicted octanol–water partition coefficient (Wildman–Crippen LogP) is 3.21. The number of nitrogens with one attached hydrogen (secondary N) is 1. The third-order valence-electron chi connectivity index (χ3n) is 4.17. The molecule has 1 aliphatic rings. The number of benzene rings is 1. The molecule has 2 rings (SSSR count). The third kappa shape index (κ3) is 4.42. The summed E-state index contributed by atoms with van der Waals surface area (Å²) in [6.07, 6.45) is 4.57. The standard InChI is InChI=1S/C14H20BrClN2O2S/c1-21(19,20)13-4-2-3-9(7-13)14(18-17)10-5-11(15)8-12(16)6-10/h5-6,8-9,13-14,18H,2-4,7,17H2,1H3. The SMILES string of the molecule is CS(=O)(=O)C1CCCC(C(NN)c2cc(Cl)cc(Br)c2)C1. The summed E-state index contributed by atoms with van der Waals surface area (Å²) in [5.74, 6) is 5.92. The first kappa shape index (κ1) is 17.2. The molecule has 118 valence electrons. The second-order valence-electron chi connectivity index (χ2n) is 5.73. The van der Waals surface area contributed by atoms with Crippen LogP contribution in [0, 0.1) is 5.92 Å². The predicted molar refractivity (Wildman–Crippen MR) is 89.8 cm³/mol. The van der Waals surface area contributed by atoms with Crippen molar-refractivity contribution in [1.29, 1.82) is 0 Å². The van der Waals surface area contributed by atoms with Gasteiger partial charge in [0, 0.05) is 21.8 Å². The van der Waals surface area contributed by atoms with Gasteiger partial charge in [-0.25, -0.2) is 8.42 Å². The Hall–Kier alpha value is -0.140. The van der Waals surface area contributed by atoms with Crippen LogP contribution in [0.2, 0.25) is 5.02 Å². The van der Waals surface area contributed by atoms with E-state index in [0.29, 0.717) is 11.4 Å². The molecule has 3 N–H and O–H groups in total. The lowest BCUT2D eigenvalue weighted by Gasteiger charge is -2.34. The summed E-state index contributed by atoms with van der Waals surface area (Å²) in [6.45, 7) is 0. The van der Waals surface area contributed by atoms with Gasteiger partial charge in [-0.1, -0.05) is 34.0 Å².